The standard InChI is InChI=1S/C19H21N3O2/c23-18-14-21(12-11-20-18)15-19(24)22(17-9-5-2-6-10-17)13-16-7-3-1-4-8-16/h1-10H,11-15H2,(H,20,23). The highest BCUT2D eigenvalue weighted by Gasteiger charge is 2.22. The van der Waals surface area contributed by atoms with Crippen molar-refractivity contribution in [2.75, 3.05) is 31.1 Å². The Bertz CT molecular complexity index is 688. The van der Waals surface area contributed by atoms with Crippen LogP contribution < -0.4 is 10.2 Å². The Kier molecular flexibility index (Phi) is 5.23. The highest BCUT2D eigenvalue weighted by molar-refractivity contribution is 5.95. The van der Waals surface area contributed by atoms with Crippen molar-refractivity contribution < 1.29 is 9.59 Å². The fourth-order valence-electron chi connectivity index (χ4n) is 2.80. The maximum atomic E-state index is 12.9. The first kappa shape index (κ1) is 16.2. The minimum Gasteiger partial charge on any atom is -0.354 e. The second-order valence-corrected chi connectivity index (χ2v) is 5.86. The van der Waals surface area contributed by atoms with Crippen molar-refractivity contribution in [3.05, 3.63) is 66.2 Å². The van der Waals surface area contributed by atoms with Crippen molar-refractivity contribution in [2.45, 2.75) is 6.54 Å². The summed E-state index contributed by atoms with van der Waals surface area (Å²) >= 11 is 0. The van der Waals surface area contributed by atoms with Gasteiger partial charge in [0.2, 0.25) is 11.8 Å². The van der Waals surface area contributed by atoms with Crippen molar-refractivity contribution in [2.24, 2.45) is 0 Å². The number of amides is 2. The van der Waals surface area contributed by atoms with E-state index in [1.54, 1.807) is 4.90 Å². The topological polar surface area (TPSA) is 52.7 Å². The van der Waals surface area contributed by atoms with Gasteiger partial charge >= 0.3 is 0 Å². The van der Waals surface area contributed by atoms with Gasteiger partial charge in [-0.15, -0.1) is 0 Å². The summed E-state index contributed by atoms with van der Waals surface area (Å²) in [7, 11) is 0. The third-order valence-electron chi connectivity index (χ3n) is 4.03. The normalized spacial score (nSPS) is 14.9. The molecule has 1 heterocycles. The van der Waals surface area contributed by atoms with Gasteiger partial charge in [-0.25, -0.2) is 0 Å². The number of carbonyl (C=O) groups excluding carboxylic acids is 2. The van der Waals surface area contributed by atoms with E-state index in [2.05, 4.69) is 5.32 Å². The molecule has 2 aromatic rings. The van der Waals surface area contributed by atoms with Crippen LogP contribution in [0.15, 0.2) is 60.7 Å². The highest BCUT2D eigenvalue weighted by Crippen LogP contribution is 2.17. The smallest absolute Gasteiger partial charge is 0.241 e. The van der Waals surface area contributed by atoms with Gasteiger partial charge in [0.05, 0.1) is 19.6 Å². The van der Waals surface area contributed by atoms with Gasteiger partial charge in [-0.1, -0.05) is 48.5 Å². The van der Waals surface area contributed by atoms with E-state index in [1.165, 1.54) is 0 Å². The SMILES string of the molecule is O=C1CN(CC(=O)N(Cc2ccccc2)c2ccccc2)CCN1. The first-order valence-electron chi connectivity index (χ1n) is 8.11. The minimum absolute atomic E-state index is 0.000229. The zero-order chi connectivity index (χ0) is 16.8. The summed E-state index contributed by atoms with van der Waals surface area (Å²) < 4.78 is 0. The van der Waals surface area contributed by atoms with Gasteiger partial charge in [-0.2, -0.15) is 0 Å². The number of carbonyl (C=O) groups is 2. The Labute approximate surface area is 141 Å². The average Bonchev–Trinajstić information content (AvgIpc) is 2.61. The molecule has 5 heteroatoms. The first-order chi connectivity index (χ1) is 11.7. The Morgan fingerprint density at radius 2 is 1.71 bits per heavy atom. The number of nitrogens with one attached hydrogen (secondary N) is 1. The largest absolute Gasteiger partial charge is 0.354 e. The summed E-state index contributed by atoms with van der Waals surface area (Å²) in [6, 6.07) is 19.6. The third-order valence-corrected chi connectivity index (χ3v) is 4.03. The first-order valence-corrected chi connectivity index (χ1v) is 8.11. The molecule has 0 aliphatic carbocycles. The van der Waals surface area contributed by atoms with Crippen LogP contribution in [0.5, 0.6) is 0 Å². The molecule has 0 saturated carbocycles. The number of piperazine rings is 1. The lowest BCUT2D eigenvalue weighted by atomic mass is 10.2. The molecule has 1 saturated heterocycles. The Morgan fingerprint density at radius 1 is 1.04 bits per heavy atom. The van der Waals surface area contributed by atoms with E-state index >= 15 is 0 Å². The van der Waals surface area contributed by atoms with Crippen molar-refractivity contribution in [3.8, 4) is 0 Å². The molecule has 1 aliphatic rings. The van der Waals surface area contributed by atoms with E-state index in [0.717, 1.165) is 11.3 Å². The van der Waals surface area contributed by atoms with Crippen LogP contribution in [0.25, 0.3) is 0 Å². The van der Waals surface area contributed by atoms with E-state index in [0.29, 0.717) is 19.6 Å². The summed E-state index contributed by atoms with van der Waals surface area (Å²) in [6.07, 6.45) is 0. The number of para-hydroxylation sites is 1. The van der Waals surface area contributed by atoms with Crippen LogP contribution in [0.3, 0.4) is 0 Å². The van der Waals surface area contributed by atoms with Crippen molar-refractivity contribution in [1.29, 1.82) is 0 Å². The van der Waals surface area contributed by atoms with Crippen LogP contribution in [-0.4, -0.2) is 42.9 Å². The maximum absolute atomic E-state index is 12.9. The Balaban J connectivity index is 1.76. The third kappa shape index (κ3) is 4.20. The van der Waals surface area contributed by atoms with Gasteiger partial charge in [0, 0.05) is 18.8 Å². The lowest BCUT2D eigenvalue weighted by Gasteiger charge is -2.29. The molecule has 0 atom stereocenters. The van der Waals surface area contributed by atoms with Gasteiger partial charge in [-0.05, 0) is 17.7 Å². The number of nitrogens with zero attached hydrogens (tertiary/aromatic N) is 2. The molecule has 0 spiro atoms. The lowest BCUT2D eigenvalue weighted by Crippen LogP contribution is -2.51. The molecule has 5 nitrogen and oxygen atoms in total. The van der Waals surface area contributed by atoms with E-state index in [9.17, 15) is 9.59 Å². The summed E-state index contributed by atoms with van der Waals surface area (Å²) in [6.45, 7) is 2.33. The minimum atomic E-state index is -0.0247. The summed E-state index contributed by atoms with van der Waals surface area (Å²) in [5.41, 5.74) is 1.94. The molecule has 2 amide bonds. The van der Waals surface area contributed by atoms with E-state index in [1.807, 2.05) is 65.6 Å². The Morgan fingerprint density at radius 3 is 2.38 bits per heavy atom. The fraction of sp³-hybridized carbons (Fsp3) is 0.263. The molecule has 24 heavy (non-hydrogen) atoms. The molecular formula is C19H21N3O2. The molecule has 1 N–H and O–H groups in total. The van der Waals surface area contributed by atoms with Gasteiger partial charge in [0.25, 0.3) is 0 Å². The van der Waals surface area contributed by atoms with Crippen LogP contribution in [-0.2, 0) is 16.1 Å². The van der Waals surface area contributed by atoms with Gasteiger partial charge in [-0.3, -0.25) is 14.5 Å². The summed E-state index contributed by atoms with van der Waals surface area (Å²) in [5.74, 6) is -0.0249. The Hall–Kier alpha value is -2.66. The number of hydrogen-bond acceptors (Lipinski definition) is 3. The van der Waals surface area contributed by atoms with Gasteiger partial charge in [0.15, 0.2) is 0 Å². The maximum Gasteiger partial charge on any atom is 0.241 e. The van der Waals surface area contributed by atoms with E-state index in [-0.39, 0.29) is 24.9 Å². The monoisotopic (exact) mass is 323 g/mol. The van der Waals surface area contributed by atoms with Crippen LogP contribution in [0, 0.1) is 0 Å². The molecule has 0 aromatic heterocycles. The number of anilines is 1. The molecule has 3 rings (SSSR count). The number of hydrogen-bond donors (Lipinski definition) is 1. The molecule has 0 radical (unpaired) electrons. The molecule has 1 aliphatic heterocycles. The molecular weight excluding hydrogens is 302 g/mol. The molecule has 2 aromatic carbocycles. The van der Waals surface area contributed by atoms with Crippen LogP contribution >= 0.6 is 0 Å². The average molecular weight is 323 g/mol. The lowest BCUT2D eigenvalue weighted by molar-refractivity contribution is -0.126. The highest BCUT2D eigenvalue weighted by atomic mass is 16.2. The number of benzene rings is 2. The van der Waals surface area contributed by atoms with Crippen molar-refractivity contribution >= 4 is 17.5 Å². The zero-order valence-electron chi connectivity index (χ0n) is 13.5. The fourth-order valence-corrected chi connectivity index (χ4v) is 2.80. The van der Waals surface area contributed by atoms with Crippen LogP contribution in [0.2, 0.25) is 0 Å². The van der Waals surface area contributed by atoms with Crippen LogP contribution in [0.1, 0.15) is 5.56 Å². The molecule has 124 valence electrons. The quantitative estimate of drug-likeness (QED) is 0.910. The predicted octanol–water partition coefficient (Wildman–Crippen LogP) is 1.65. The second kappa shape index (κ2) is 7.75. The molecule has 0 unspecified atom stereocenters. The molecule has 1 fully saturated rings. The van der Waals surface area contributed by atoms with Crippen LogP contribution in [0.4, 0.5) is 5.69 Å². The van der Waals surface area contributed by atoms with E-state index < -0.39 is 0 Å². The second-order valence-electron chi connectivity index (χ2n) is 5.86. The van der Waals surface area contributed by atoms with E-state index in [4.69, 9.17) is 0 Å². The number of rotatable bonds is 5. The van der Waals surface area contributed by atoms with Crippen molar-refractivity contribution in [3.63, 3.8) is 0 Å². The van der Waals surface area contributed by atoms with Gasteiger partial charge in [0.1, 0.15) is 0 Å². The summed E-state index contributed by atoms with van der Waals surface area (Å²) in [5, 5.41) is 2.78. The summed E-state index contributed by atoms with van der Waals surface area (Å²) in [4.78, 5) is 28.1. The van der Waals surface area contributed by atoms with Gasteiger partial charge < -0.3 is 10.2 Å². The zero-order valence-corrected chi connectivity index (χ0v) is 13.5. The predicted molar refractivity (Wildman–Crippen MR) is 93.5 cm³/mol. The van der Waals surface area contributed by atoms with Crippen molar-refractivity contribution in [1.82, 2.24) is 10.2 Å². The molecule has 0 bridgehead atoms.